The fraction of sp³-hybridized carbons (Fsp3) is 0.286. The maximum atomic E-state index is 13.8. The highest BCUT2D eigenvalue weighted by Crippen LogP contribution is 2.28. The first-order chi connectivity index (χ1) is 17.2. The molecule has 0 saturated carbocycles. The molecule has 3 aromatic rings. The number of amides is 2. The fourth-order valence-corrected chi connectivity index (χ4v) is 5.56. The van der Waals surface area contributed by atoms with Crippen LogP contribution in [0.25, 0.3) is 0 Å². The first kappa shape index (κ1) is 26.9. The topological polar surface area (TPSA) is 86.8 Å². The van der Waals surface area contributed by atoms with E-state index < -0.39 is 28.5 Å². The molecule has 2 amide bonds. The zero-order valence-corrected chi connectivity index (χ0v) is 22.0. The average molecular weight is 508 g/mol. The van der Waals surface area contributed by atoms with Crippen LogP contribution in [0.1, 0.15) is 30.5 Å². The lowest BCUT2D eigenvalue weighted by Gasteiger charge is -2.32. The highest BCUT2D eigenvalue weighted by Gasteiger charge is 2.33. The molecule has 36 heavy (non-hydrogen) atoms. The van der Waals surface area contributed by atoms with Gasteiger partial charge in [0, 0.05) is 13.6 Å². The van der Waals surface area contributed by atoms with Crippen LogP contribution >= 0.6 is 0 Å². The minimum Gasteiger partial charge on any atom is -0.357 e. The van der Waals surface area contributed by atoms with E-state index in [2.05, 4.69) is 5.32 Å². The Morgan fingerprint density at radius 1 is 0.944 bits per heavy atom. The van der Waals surface area contributed by atoms with Gasteiger partial charge in [-0.25, -0.2) is 8.42 Å². The quantitative estimate of drug-likeness (QED) is 0.451. The summed E-state index contributed by atoms with van der Waals surface area (Å²) in [6.45, 7) is 5.26. The third kappa shape index (κ3) is 6.12. The van der Waals surface area contributed by atoms with E-state index in [1.54, 1.807) is 37.3 Å². The van der Waals surface area contributed by atoms with E-state index in [0.717, 1.165) is 21.0 Å². The summed E-state index contributed by atoms with van der Waals surface area (Å²) in [4.78, 5) is 27.9. The number of likely N-dealkylation sites (N-methyl/N-ethyl adjacent to an activating group) is 1. The van der Waals surface area contributed by atoms with Crippen LogP contribution in [0, 0.1) is 6.92 Å². The van der Waals surface area contributed by atoms with Crippen molar-refractivity contribution in [3.8, 4) is 0 Å². The summed E-state index contributed by atoms with van der Waals surface area (Å²) in [5, 5.41) is 2.59. The van der Waals surface area contributed by atoms with Gasteiger partial charge in [-0.05, 0) is 49.6 Å². The van der Waals surface area contributed by atoms with Crippen LogP contribution in [-0.4, -0.2) is 44.8 Å². The molecule has 0 spiro atoms. The van der Waals surface area contributed by atoms with Crippen molar-refractivity contribution in [1.29, 1.82) is 0 Å². The van der Waals surface area contributed by atoms with E-state index in [0.29, 0.717) is 12.1 Å². The van der Waals surface area contributed by atoms with E-state index >= 15 is 0 Å². The third-order valence-electron chi connectivity index (χ3n) is 6.10. The fourth-order valence-electron chi connectivity index (χ4n) is 4.08. The summed E-state index contributed by atoms with van der Waals surface area (Å²) in [5.74, 6) is -0.805. The van der Waals surface area contributed by atoms with Gasteiger partial charge in [-0.1, -0.05) is 73.2 Å². The zero-order valence-electron chi connectivity index (χ0n) is 21.1. The molecule has 0 aliphatic heterocycles. The molecule has 7 nitrogen and oxygen atoms in total. The molecule has 0 fully saturated rings. The highest BCUT2D eigenvalue weighted by molar-refractivity contribution is 7.92. The van der Waals surface area contributed by atoms with Crippen molar-refractivity contribution < 1.29 is 18.0 Å². The Balaban J connectivity index is 2.06. The highest BCUT2D eigenvalue weighted by atomic mass is 32.2. The van der Waals surface area contributed by atoms with Gasteiger partial charge in [-0.15, -0.1) is 0 Å². The summed E-state index contributed by atoms with van der Waals surface area (Å²) in [6, 6.07) is 22.1. The lowest BCUT2D eigenvalue weighted by Crippen LogP contribution is -2.50. The van der Waals surface area contributed by atoms with E-state index in [-0.39, 0.29) is 17.3 Å². The van der Waals surface area contributed by atoms with Crippen LogP contribution in [-0.2, 0) is 32.6 Å². The zero-order chi connectivity index (χ0) is 26.3. The predicted molar refractivity (Wildman–Crippen MR) is 142 cm³/mol. The predicted octanol–water partition coefficient (Wildman–Crippen LogP) is 3.92. The smallest absolute Gasteiger partial charge is 0.264 e. The van der Waals surface area contributed by atoms with Crippen LogP contribution in [0.5, 0.6) is 0 Å². The Labute approximate surface area is 213 Å². The molecule has 0 radical (unpaired) electrons. The second kappa shape index (κ2) is 11.9. The molecule has 0 aliphatic rings. The summed E-state index contributed by atoms with van der Waals surface area (Å²) < 4.78 is 28.8. The normalized spacial score (nSPS) is 12.0. The largest absolute Gasteiger partial charge is 0.357 e. The first-order valence-electron chi connectivity index (χ1n) is 11.9. The second-order valence-electron chi connectivity index (χ2n) is 8.61. The van der Waals surface area contributed by atoms with E-state index in [4.69, 9.17) is 0 Å². The van der Waals surface area contributed by atoms with Crippen molar-refractivity contribution in [2.24, 2.45) is 0 Å². The number of anilines is 1. The number of sulfonamides is 1. The van der Waals surface area contributed by atoms with Gasteiger partial charge in [0.2, 0.25) is 11.8 Å². The Hall–Kier alpha value is -3.65. The number of aryl methyl sites for hydroxylation is 2. The molecule has 1 unspecified atom stereocenters. The number of nitrogens with zero attached hydrogens (tertiary/aromatic N) is 2. The van der Waals surface area contributed by atoms with E-state index in [9.17, 15) is 18.0 Å². The molecule has 0 saturated heterocycles. The lowest BCUT2D eigenvalue weighted by molar-refractivity contribution is -0.139. The van der Waals surface area contributed by atoms with Crippen LogP contribution in [0.15, 0.2) is 83.8 Å². The number of rotatable bonds is 10. The molecule has 3 rings (SSSR count). The van der Waals surface area contributed by atoms with Crippen LogP contribution < -0.4 is 9.62 Å². The minimum atomic E-state index is -4.06. The van der Waals surface area contributed by atoms with Gasteiger partial charge in [-0.3, -0.25) is 13.9 Å². The number of nitrogens with one attached hydrogen (secondary N) is 1. The number of para-hydroxylation sites is 1. The molecular formula is C28H33N3O4S. The maximum absolute atomic E-state index is 13.8. The molecule has 0 aromatic heterocycles. The van der Waals surface area contributed by atoms with Crippen LogP contribution in [0.3, 0.4) is 0 Å². The van der Waals surface area contributed by atoms with E-state index in [1.165, 1.54) is 24.1 Å². The second-order valence-corrected chi connectivity index (χ2v) is 10.5. The number of benzene rings is 3. The summed E-state index contributed by atoms with van der Waals surface area (Å²) in [7, 11) is -2.55. The molecular weight excluding hydrogens is 474 g/mol. The molecule has 1 atom stereocenters. The number of carbonyl (C=O) groups is 2. The Morgan fingerprint density at radius 2 is 1.61 bits per heavy atom. The molecule has 8 heteroatoms. The molecule has 0 bridgehead atoms. The van der Waals surface area contributed by atoms with Crippen molar-refractivity contribution in [3.63, 3.8) is 0 Å². The average Bonchev–Trinajstić information content (AvgIpc) is 2.89. The molecule has 1 N–H and O–H groups in total. The van der Waals surface area contributed by atoms with Crippen molar-refractivity contribution in [2.75, 3.05) is 17.9 Å². The van der Waals surface area contributed by atoms with Crippen molar-refractivity contribution in [1.82, 2.24) is 10.2 Å². The van der Waals surface area contributed by atoms with Gasteiger partial charge in [0.25, 0.3) is 10.0 Å². The lowest BCUT2D eigenvalue weighted by atomic mass is 10.1. The van der Waals surface area contributed by atoms with Gasteiger partial charge in [-0.2, -0.15) is 0 Å². The van der Waals surface area contributed by atoms with Gasteiger partial charge >= 0.3 is 0 Å². The van der Waals surface area contributed by atoms with Gasteiger partial charge < -0.3 is 10.2 Å². The molecule has 0 aliphatic carbocycles. The summed E-state index contributed by atoms with van der Waals surface area (Å²) in [5.41, 5.74) is 3.12. The number of hydrogen-bond acceptors (Lipinski definition) is 4. The van der Waals surface area contributed by atoms with E-state index in [1.807, 2.05) is 50.2 Å². The van der Waals surface area contributed by atoms with Crippen molar-refractivity contribution in [3.05, 3.63) is 95.6 Å². The van der Waals surface area contributed by atoms with Gasteiger partial charge in [0.05, 0.1) is 10.6 Å². The van der Waals surface area contributed by atoms with Crippen LogP contribution in [0.4, 0.5) is 5.69 Å². The number of hydrogen-bond donors (Lipinski definition) is 1. The first-order valence-corrected chi connectivity index (χ1v) is 13.3. The Morgan fingerprint density at radius 3 is 2.25 bits per heavy atom. The van der Waals surface area contributed by atoms with Crippen molar-refractivity contribution >= 4 is 27.5 Å². The standard InChI is InChI=1S/C28H33N3O4S/c1-5-24-14-9-10-17-26(24)31(36(34,35)25-15-7-6-8-16-25)20-27(32)30(22(3)28(33)29-4)19-23-13-11-12-21(2)18-23/h6-18,22H,5,19-20H2,1-4H3,(H,29,33). The monoisotopic (exact) mass is 507 g/mol. The number of carbonyl (C=O) groups excluding carboxylic acids is 2. The van der Waals surface area contributed by atoms with Crippen molar-refractivity contribution in [2.45, 2.75) is 44.7 Å². The summed E-state index contributed by atoms with van der Waals surface area (Å²) >= 11 is 0. The summed E-state index contributed by atoms with van der Waals surface area (Å²) in [6.07, 6.45) is 0.590. The molecule has 190 valence electrons. The Bertz CT molecular complexity index is 1310. The van der Waals surface area contributed by atoms with Crippen LogP contribution in [0.2, 0.25) is 0 Å². The van der Waals surface area contributed by atoms with Gasteiger partial charge in [0.15, 0.2) is 0 Å². The Kier molecular flexibility index (Phi) is 8.88. The maximum Gasteiger partial charge on any atom is 0.264 e. The molecule has 0 heterocycles. The molecule has 3 aromatic carbocycles. The third-order valence-corrected chi connectivity index (χ3v) is 7.87. The van der Waals surface area contributed by atoms with Gasteiger partial charge in [0.1, 0.15) is 12.6 Å². The minimum absolute atomic E-state index is 0.0910. The SMILES string of the molecule is CCc1ccccc1N(CC(=O)N(Cc1cccc(C)c1)C(C)C(=O)NC)S(=O)(=O)c1ccccc1.